The van der Waals surface area contributed by atoms with E-state index in [-0.39, 0.29) is 17.6 Å². The van der Waals surface area contributed by atoms with E-state index in [0.29, 0.717) is 19.5 Å². The number of aliphatic carboxylic acids is 1. The molecule has 0 aromatic heterocycles. The molecule has 1 saturated heterocycles. The quantitative estimate of drug-likeness (QED) is 0.688. The Bertz CT molecular complexity index is 338. The molecule has 1 rings (SSSR count). The molecule has 1 aliphatic heterocycles. The normalized spacial score (nSPS) is 25.7. The second kappa shape index (κ2) is 6.34. The van der Waals surface area contributed by atoms with Crippen molar-refractivity contribution in [2.24, 2.45) is 5.92 Å². The van der Waals surface area contributed by atoms with Crippen molar-refractivity contribution in [1.82, 2.24) is 10.6 Å². The van der Waals surface area contributed by atoms with Crippen LogP contribution in [0.4, 0.5) is 0 Å². The van der Waals surface area contributed by atoms with Gasteiger partial charge in [-0.05, 0) is 34.1 Å². The number of amides is 1. The molecule has 1 fully saturated rings. The van der Waals surface area contributed by atoms with Gasteiger partial charge in [0.25, 0.3) is 0 Å². The molecular weight excluding hydrogens is 248 g/mol. The summed E-state index contributed by atoms with van der Waals surface area (Å²) in [5.74, 6) is -1.45. The number of carbonyl (C=O) groups excluding carboxylic acids is 1. The van der Waals surface area contributed by atoms with E-state index >= 15 is 0 Å². The first-order valence-corrected chi connectivity index (χ1v) is 6.60. The van der Waals surface area contributed by atoms with E-state index in [0.717, 1.165) is 0 Å². The highest BCUT2D eigenvalue weighted by Crippen LogP contribution is 2.15. The standard InChI is InChI=1S/C13H24N2O4/c1-8(11(16)15-13(2,3)4)19-10-5-9(12(17)18)6-14-7-10/h8-10,14H,5-7H2,1-4H3,(H,15,16)(H,17,18). The predicted molar refractivity (Wildman–Crippen MR) is 70.8 cm³/mol. The first-order valence-electron chi connectivity index (χ1n) is 6.60. The highest BCUT2D eigenvalue weighted by Gasteiger charge is 2.30. The number of carboxylic acid groups (broad SMARTS) is 1. The predicted octanol–water partition coefficient (Wildman–Crippen LogP) is 0.369. The van der Waals surface area contributed by atoms with Crippen molar-refractivity contribution in [2.75, 3.05) is 13.1 Å². The molecule has 0 saturated carbocycles. The Kier molecular flexibility index (Phi) is 5.31. The topological polar surface area (TPSA) is 87.7 Å². The molecule has 6 nitrogen and oxygen atoms in total. The van der Waals surface area contributed by atoms with Crippen LogP contribution in [0.15, 0.2) is 0 Å². The molecule has 110 valence electrons. The SMILES string of the molecule is CC(OC1CNCC(C(=O)O)C1)C(=O)NC(C)(C)C. The number of carbonyl (C=O) groups is 2. The summed E-state index contributed by atoms with van der Waals surface area (Å²) in [6.45, 7) is 8.43. The molecule has 0 aromatic rings. The van der Waals surface area contributed by atoms with Crippen LogP contribution in [0.3, 0.4) is 0 Å². The summed E-state index contributed by atoms with van der Waals surface area (Å²) < 4.78 is 5.64. The highest BCUT2D eigenvalue weighted by atomic mass is 16.5. The monoisotopic (exact) mass is 272 g/mol. The zero-order valence-corrected chi connectivity index (χ0v) is 12.0. The van der Waals surface area contributed by atoms with Crippen LogP contribution < -0.4 is 10.6 Å². The minimum atomic E-state index is -0.826. The summed E-state index contributed by atoms with van der Waals surface area (Å²) in [6, 6.07) is 0. The van der Waals surface area contributed by atoms with Gasteiger partial charge in [0.2, 0.25) is 5.91 Å². The highest BCUT2D eigenvalue weighted by molar-refractivity contribution is 5.81. The molecule has 3 unspecified atom stereocenters. The number of piperidine rings is 1. The smallest absolute Gasteiger partial charge is 0.307 e. The number of hydrogen-bond donors (Lipinski definition) is 3. The fourth-order valence-electron chi connectivity index (χ4n) is 2.02. The van der Waals surface area contributed by atoms with E-state index in [2.05, 4.69) is 10.6 Å². The lowest BCUT2D eigenvalue weighted by molar-refractivity contribution is -0.146. The largest absolute Gasteiger partial charge is 0.481 e. The maximum Gasteiger partial charge on any atom is 0.307 e. The van der Waals surface area contributed by atoms with Crippen LogP contribution in [0.25, 0.3) is 0 Å². The van der Waals surface area contributed by atoms with Crippen molar-refractivity contribution in [2.45, 2.75) is 51.9 Å². The fraction of sp³-hybridized carbons (Fsp3) is 0.846. The van der Waals surface area contributed by atoms with Gasteiger partial charge in [-0.3, -0.25) is 9.59 Å². The van der Waals surface area contributed by atoms with Crippen LogP contribution in [0.1, 0.15) is 34.1 Å². The first-order chi connectivity index (χ1) is 8.69. The van der Waals surface area contributed by atoms with Crippen LogP contribution in [0.2, 0.25) is 0 Å². The Hall–Kier alpha value is -1.14. The van der Waals surface area contributed by atoms with Gasteiger partial charge in [0.15, 0.2) is 0 Å². The van der Waals surface area contributed by atoms with Crippen LogP contribution in [-0.4, -0.2) is 47.8 Å². The van der Waals surface area contributed by atoms with Crippen LogP contribution in [0, 0.1) is 5.92 Å². The summed E-state index contributed by atoms with van der Waals surface area (Å²) in [7, 11) is 0. The van der Waals surface area contributed by atoms with Gasteiger partial charge in [-0.25, -0.2) is 0 Å². The van der Waals surface area contributed by atoms with Crippen LogP contribution in [0.5, 0.6) is 0 Å². The fourth-order valence-corrected chi connectivity index (χ4v) is 2.02. The van der Waals surface area contributed by atoms with E-state index in [1.165, 1.54) is 0 Å². The van der Waals surface area contributed by atoms with E-state index in [1.807, 2.05) is 20.8 Å². The van der Waals surface area contributed by atoms with Crippen molar-refractivity contribution in [3.63, 3.8) is 0 Å². The van der Waals surface area contributed by atoms with E-state index in [1.54, 1.807) is 6.92 Å². The maximum atomic E-state index is 11.9. The molecule has 1 amide bonds. The number of ether oxygens (including phenoxy) is 1. The summed E-state index contributed by atoms with van der Waals surface area (Å²) in [5.41, 5.74) is -0.302. The Morgan fingerprint density at radius 1 is 1.37 bits per heavy atom. The Labute approximate surface area is 113 Å². The molecule has 6 heteroatoms. The Morgan fingerprint density at radius 3 is 2.53 bits per heavy atom. The van der Waals surface area contributed by atoms with Gasteiger partial charge in [-0.1, -0.05) is 0 Å². The molecule has 0 aliphatic carbocycles. The molecule has 19 heavy (non-hydrogen) atoms. The first kappa shape index (κ1) is 15.9. The zero-order chi connectivity index (χ0) is 14.6. The number of nitrogens with one attached hydrogen (secondary N) is 2. The van der Waals surface area contributed by atoms with Gasteiger partial charge in [0.1, 0.15) is 6.10 Å². The van der Waals surface area contributed by atoms with Crippen molar-refractivity contribution < 1.29 is 19.4 Å². The third kappa shape index (κ3) is 5.57. The maximum absolute atomic E-state index is 11.9. The average Bonchev–Trinajstić information content (AvgIpc) is 2.27. The number of rotatable bonds is 4. The molecule has 0 aromatic carbocycles. The minimum absolute atomic E-state index is 0.176. The third-order valence-electron chi connectivity index (χ3n) is 2.92. The second-order valence-electron chi connectivity index (χ2n) is 6.07. The van der Waals surface area contributed by atoms with Crippen molar-refractivity contribution in [3.05, 3.63) is 0 Å². The van der Waals surface area contributed by atoms with Gasteiger partial charge in [-0.15, -0.1) is 0 Å². The van der Waals surface area contributed by atoms with Crippen molar-refractivity contribution in [3.8, 4) is 0 Å². The Morgan fingerprint density at radius 2 is 2.00 bits per heavy atom. The number of carboxylic acids is 1. The summed E-state index contributed by atoms with van der Waals surface area (Å²) in [4.78, 5) is 22.8. The van der Waals surface area contributed by atoms with E-state index < -0.39 is 18.0 Å². The Balaban J connectivity index is 2.45. The van der Waals surface area contributed by atoms with Gasteiger partial charge >= 0.3 is 5.97 Å². The number of hydrogen-bond acceptors (Lipinski definition) is 4. The van der Waals surface area contributed by atoms with Gasteiger partial charge in [0.05, 0.1) is 12.0 Å². The van der Waals surface area contributed by atoms with E-state index in [9.17, 15) is 9.59 Å². The van der Waals surface area contributed by atoms with E-state index in [4.69, 9.17) is 9.84 Å². The lowest BCUT2D eigenvalue weighted by Gasteiger charge is -2.30. The summed E-state index contributed by atoms with van der Waals surface area (Å²) >= 11 is 0. The molecule has 3 N–H and O–H groups in total. The molecule has 0 radical (unpaired) electrons. The zero-order valence-electron chi connectivity index (χ0n) is 12.0. The van der Waals surface area contributed by atoms with Crippen LogP contribution in [-0.2, 0) is 14.3 Å². The molecule has 0 bridgehead atoms. The summed E-state index contributed by atoms with van der Waals surface area (Å²) in [6.07, 6.45) is -0.385. The van der Waals surface area contributed by atoms with Gasteiger partial charge < -0.3 is 20.5 Å². The lowest BCUT2D eigenvalue weighted by atomic mass is 9.97. The van der Waals surface area contributed by atoms with Gasteiger partial charge in [0, 0.05) is 18.6 Å². The summed E-state index contributed by atoms with van der Waals surface area (Å²) in [5, 5.41) is 14.8. The molecule has 1 aliphatic rings. The molecule has 0 spiro atoms. The minimum Gasteiger partial charge on any atom is -0.481 e. The molecule has 3 atom stereocenters. The third-order valence-corrected chi connectivity index (χ3v) is 2.92. The van der Waals surface area contributed by atoms with Crippen LogP contribution >= 0.6 is 0 Å². The van der Waals surface area contributed by atoms with Crippen molar-refractivity contribution in [1.29, 1.82) is 0 Å². The average molecular weight is 272 g/mol. The van der Waals surface area contributed by atoms with Crippen molar-refractivity contribution >= 4 is 11.9 Å². The molecule has 1 heterocycles. The lowest BCUT2D eigenvalue weighted by Crippen LogP contribution is -2.49. The molecular formula is C13H24N2O4. The van der Waals surface area contributed by atoms with Gasteiger partial charge in [-0.2, -0.15) is 0 Å². The second-order valence-corrected chi connectivity index (χ2v) is 6.07.